The van der Waals surface area contributed by atoms with Gasteiger partial charge < -0.3 is 9.90 Å². The van der Waals surface area contributed by atoms with Crippen molar-refractivity contribution in [2.75, 3.05) is 4.72 Å². The SMILES string of the molecule is O=C([O-])c1ccccc1NS(=O)(=O)c1cccc2ccccc12. The second-order valence-electron chi connectivity index (χ2n) is 4.92. The Labute approximate surface area is 133 Å². The van der Waals surface area contributed by atoms with Gasteiger partial charge in [0, 0.05) is 10.9 Å². The quantitative estimate of drug-likeness (QED) is 0.794. The van der Waals surface area contributed by atoms with E-state index in [1.165, 1.54) is 24.3 Å². The van der Waals surface area contributed by atoms with Crippen LogP contribution in [-0.2, 0) is 10.0 Å². The first kappa shape index (κ1) is 15.1. The summed E-state index contributed by atoms with van der Waals surface area (Å²) in [5, 5.41) is 12.5. The molecule has 3 aromatic rings. The van der Waals surface area contributed by atoms with Crippen LogP contribution in [-0.4, -0.2) is 14.4 Å². The maximum atomic E-state index is 12.7. The number of hydrogen-bond donors (Lipinski definition) is 1. The molecule has 5 nitrogen and oxygen atoms in total. The second-order valence-corrected chi connectivity index (χ2v) is 6.57. The van der Waals surface area contributed by atoms with E-state index in [0.29, 0.717) is 5.39 Å². The molecule has 0 spiro atoms. The smallest absolute Gasteiger partial charge is 0.262 e. The molecule has 0 bridgehead atoms. The topological polar surface area (TPSA) is 86.3 Å². The lowest BCUT2D eigenvalue weighted by Gasteiger charge is -2.14. The number of aromatic carboxylic acids is 1. The molecule has 0 aliphatic heterocycles. The lowest BCUT2D eigenvalue weighted by Crippen LogP contribution is -2.25. The summed E-state index contributed by atoms with van der Waals surface area (Å²) < 4.78 is 27.7. The van der Waals surface area contributed by atoms with E-state index in [4.69, 9.17) is 0 Å². The van der Waals surface area contributed by atoms with E-state index in [0.717, 1.165) is 5.39 Å². The molecule has 0 atom stereocenters. The lowest BCUT2D eigenvalue weighted by molar-refractivity contribution is -0.254. The number of rotatable bonds is 4. The minimum Gasteiger partial charge on any atom is -0.545 e. The molecular weight excluding hydrogens is 314 g/mol. The molecular formula is C17H12NO4S-. The fourth-order valence-electron chi connectivity index (χ4n) is 2.38. The average Bonchev–Trinajstić information content (AvgIpc) is 2.54. The van der Waals surface area contributed by atoms with Crippen LogP contribution in [0.25, 0.3) is 10.8 Å². The van der Waals surface area contributed by atoms with Gasteiger partial charge in [-0.1, -0.05) is 54.6 Å². The zero-order chi connectivity index (χ0) is 16.4. The standard InChI is InChI=1S/C17H13NO4S/c19-17(20)14-9-3-4-10-15(14)18-23(21,22)16-11-5-7-12-6-1-2-8-13(12)16/h1-11,18H,(H,19,20)/p-1. The van der Waals surface area contributed by atoms with Gasteiger partial charge in [-0.3, -0.25) is 4.72 Å². The van der Waals surface area contributed by atoms with Crippen molar-refractivity contribution in [3.8, 4) is 0 Å². The van der Waals surface area contributed by atoms with Gasteiger partial charge in [0.1, 0.15) is 0 Å². The molecule has 0 heterocycles. The van der Waals surface area contributed by atoms with Gasteiger partial charge in [0.25, 0.3) is 10.0 Å². The third-order valence-electron chi connectivity index (χ3n) is 3.43. The van der Waals surface area contributed by atoms with Gasteiger partial charge in [-0.2, -0.15) is 0 Å². The van der Waals surface area contributed by atoms with Crippen LogP contribution >= 0.6 is 0 Å². The predicted molar refractivity (Wildman–Crippen MR) is 85.5 cm³/mol. The van der Waals surface area contributed by atoms with Gasteiger partial charge in [0.2, 0.25) is 0 Å². The normalized spacial score (nSPS) is 11.3. The number of para-hydroxylation sites is 1. The van der Waals surface area contributed by atoms with Crippen molar-refractivity contribution < 1.29 is 18.3 Å². The Balaban J connectivity index is 2.11. The van der Waals surface area contributed by atoms with Crippen LogP contribution in [0.15, 0.2) is 71.6 Å². The third kappa shape index (κ3) is 2.89. The first-order valence-electron chi connectivity index (χ1n) is 6.80. The van der Waals surface area contributed by atoms with Crippen molar-refractivity contribution in [1.82, 2.24) is 0 Å². The fraction of sp³-hybridized carbons (Fsp3) is 0. The van der Waals surface area contributed by atoms with Gasteiger partial charge >= 0.3 is 0 Å². The highest BCUT2D eigenvalue weighted by Gasteiger charge is 2.18. The van der Waals surface area contributed by atoms with Crippen LogP contribution in [0.4, 0.5) is 5.69 Å². The molecule has 3 aromatic carbocycles. The van der Waals surface area contributed by atoms with E-state index in [2.05, 4.69) is 4.72 Å². The van der Waals surface area contributed by atoms with Crippen LogP contribution < -0.4 is 9.83 Å². The third-order valence-corrected chi connectivity index (χ3v) is 4.85. The van der Waals surface area contributed by atoms with Gasteiger partial charge in [-0.25, -0.2) is 8.42 Å². The van der Waals surface area contributed by atoms with Crippen molar-refractivity contribution in [1.29, 1.82) is 0 Å². The predicted octanol–water partition coefficient (Wildman–Crippen LogP) is 2.00. The average molecular weight is 326 g/mol. The van der Waals surface area contributed by atoms with Crippen molar-refractivity contribution in [3.05, 3.63) is 72.3 Å². The molecule has 23 heavy (non-hydrogen) atoms. The van der Waals surface area contributed by atoms with E-state index in [1.54, 1.807) is 24.3 Å². The summed E-state index contributed by atoms with van der Waals surface area (Å²) >= 11 is 0. The Bertz CT molecular complexity index is 991. The van der Waals surface area contributed by atoms with Gasteiger partial charge in [0.15, 0.2) is 0 Å². The van der Waals surface area contributed by atoms with Crippen molar-refractivity contribution in [2.24, 2.45) is 0 Å². The molecule has 0 saturated heterocycles. The largest absolute Gasteiger partial charge is 0.545 e. The molecule has 0 aliphatic rings. The number of fused-ring (bicyclic) bond motifs is 1. The molecule has 0 saturated carbocycles. The monoisotopic (exact) mass is 326 g/mol. The molecule has 0 radical (unpaired) electrons. The van der Waals surface area contributed by atoms with Gasteiger partial charge in [-0.05, 0) is 17.5 Å². The molecule has 0 fully saturated rings. The Morgan fingerprint density at radius 2 is 1.52 bits per heavy atom. The summed E-state index contributed by atoms with van der Waals surface area (Å²) in [5.74, 6) is -1.44. The summed E-state index contributed by atoms with van der Waals surface area (Å²) in [7, 11) is -3.94. The molecule has 0 unspecified atom stereocenters. The van der Waals surface area contributed by atoms with Crippen molar-refractivity contribution in [2.45, 2.75) is 4.90 Å². The summed E-state index contributed by atoms with van der Waals surface area (Å²) in [6, 6.07) is 17.7. The molecule has 3 rings (SSSR count). The van der Waals surface area contributed by atoms with Crippen molar-refractivity contribution in [3.63, 3.8) is 0 Å². The number of anilines is 1. The number of sulfonamides is 1. The number of carboxylic acid groups (broad SMARTS) is 1. The number of carbonyl (C=O) groups excluding carboxylic acids is 1. The van der Waals surface area contributed by atoms with Gasteiger partial charge in [0.05, 0.1) is 16.6 Å². The minimum absolute atomic E-state index is 0.0274. The zero-order valence-corrected chi connectivity index (χ0v) is 12.7. The van der Waals surface area contributed by atoms with E-state index in [-0.39, 0.29) is 16.1 Å². The number of hydrogen-bond acceptors (Lipinski definition) is 4. The highest BCUT2D eigenvalue weighted by Crippen LogP contribution is 2.26. The minimum atomic E-state index is -3.94. The molecule has 1 N–H and O–H groups in total. The van der Waals surface area contributed by atoms with Crippen LogP contribution in [0.5, 0.6) is 0 Å². The molecule has 0 amide bonds. The summed E-state index contributed by atoms with van der Waals surface area (Å²) in [6.07, 6.45) is 0. The van der Waals surface area contributed by atoms with Crippen LogP contribution in [0.2, 0.25) is 0 Å². The summed E-state index contributed by atoms with van der Waals surface area (Å²) in [5.41, 5.74) is -0.239. The Morgan fingerprint density at radius 1 is 0.870 bits per heavy atom. The zero-order valence-electron chi connectivity index (χ0n) is 11.9. The number of benzene rings is 3. The van der Waals surface area contributed by atoms with Crippen LogP contribution in [0, 0.1) is 0 Å². The second kappa shape index (κ2) is 5.73. The number of carboxylic acids is 1. The maximum Gasteiger partial charge on any atom is 0.262 e. The van der Waals surface area contributed by atoms with E-state index < -0.39 is 16.0 Å². The van der Waals surface area contributed by atoms with Crippen molar-refractivity contribution >= 4 is 32.5 Å². The number of nitrogens with one attached hydrogen (secondary N) is 1. The Morgan fingerprint density at radius 3 is 2.30 bits per heavy atom. The van der Waals surface area contributed by atoms with E-state index in [9.17, 15) is 18.3 Å². The fourth-order valence-corrected chi connectivity index (χ4v) is 3.69. The number of carbonyl (C=O) groups is 1. The molecule has 116 valence electrons. The van der Waals surface area contributed by atoms with E-state index >= 15 is 0 Å². The Hall–Kier alpha value is -2.86. The van der Waals surface area contributed by atoms with Crippen LogP contribution in [0.1, 0.15) is 10.4 Å². The highest BCUT2D eigenvalue weighted by atomic mass is 32.2. The maximum absolute atomic E-state index is 12.7. The summed E-state index contributed by atoms with van der Waals surface area (Å²) in [6.45, 7) is 0. The first-order chi connectivity index (χ1) is 11.0. The van der Waals surface area contributed by atoms with E-state index in [1.807, 2.05) is 18.2 Å². The van der Waals surface area contributed by atoms with Gasteiger partial charge in [-0.15, -0.1) is 0 Å². The Kier molecular flexibility index (Phi) is 3.75. The summed E-state index contributed by atoms with van der Waals surface area (Å²) in [4.78, 5) is 11.2. The van der Waals surface area contributed by atoms with Crippen LogP contribution in [0.3, 0.4) is 0 Å². The lowest BCUT2D eigenvalue weighted by atomic mass is 10.1. The molecule has 0 aromatic heterocycles. The highest BCUT2D eigenvalue weighted by molar-refractivity contribution is 7.93. The molecule has 0 aliphatic carbocycles. The molecule has 6 heteroatoms. The first-order valence-corrected chi connectivity index (χ1v) is 8.28.